The van der Waals surface area contributed by atoms with E-state index in [2.05, 4.69) is 25.2 Å². The Balaban J connectivity index is 1.64. The van der Waals surface area contributed by atoms with E-state index in [-0.39, 0.29) is 17.9 Å². The zero-order valence-corrected chi connectivity index (χ0v) is 13.5. The number of hydrogen-bond donors (Lipinski definition) is 1. The summed E-state index contributed by atoms with van der Waals surface area (Å²) in [5.41, 5.74) is 0. The zero-order valence-electron chi connectivity index (χ0n) is 13.5. The van der Waals surface area contributed by atoms with Crippen molar-refractivity contribution in [1.82, 2.24) is 24.8 Å². The van der Waals surface area contributed by atoms with Crippen molar-refractivity contribution in [3.8, 4) is 5.82 Å². The molecule has 0 saturated carbocycles. The average Bonchev–Trinajstić information content (AvgIpc) is 3.09. The van der Waals surface area contributed by atoms with E-state index >= 15 is 0 Å². The molecule has 1 fully saturated rings. The van der Waals surface area contributed by atoms with Gasteiger partial charge in [-0.15, -0.1) is 0 Å². The first-order valence-corrected chi connectivity index (χ1v) is 7.99. The second-order valence-electron chi connectivity index (χ2n) is 6.13. The van der Waals surface area contributed by atoms with Crippen LogP contribution in [-0.4, -0.2) is 44.6 Å². The molecule has 1 N–H and O–H groups in total. The standard InChI is InChI=1S/C16H22N6O/c1-12(2)20-16(23)13-3-6-21(7-4-13)14-9-15(19-10-18-14)22-8-5-17-11-22/h5,8-13H,3-4,6-7H2,1-2H3,(H,20,23). The number of rotatable bonds is 4. The first-order chi connectivity index (χ1) is 11.1. The first-order valence-electron chi connectivity index (χ1n) is 7.99. The minimum absolute atomic E-state index is 0.101. The molecule has 7 nitrogen and oxygen atoms in total. The molecule has 7 heteroatoms. The Labute approximate surface area is 135 Å². The second-order valence-corrected chi connectivity index (χ2v) is 6.13. The van der Waals surface area contributed by atoms with Crippen molar-refractivity contribution in [3.63, 3.8) is 0 Å². The Morgan fingerprint density at radius 1 is 1.26 bits per heavy atom. The van der Waals surface area contributed by atoms with Gasteiger partial charge in [-0.05, 0) is 26.7 Å². The number of aromatic nitrogens is 4. The summed E-state index contributed by atoms with van der Waals surface area (Å²) in [6, 6.07) is 2.15. The second kappa shape index (κ2) is 6.76. The number of piperidine rings is 1. The van der Waals surface area contributed by atoms with Gasteiger partial charge in [0.25, 0.3) is 0 Å². The summed E-state index contributed by atoms with van der Waals surface area (Å²) < 4.78 is 1.86. The van der Waals surface area contributed by atoms with E-state index in [4.69, 9.17) is 0 Å². The van der Waals surface area contributed by atoms with Crippen molar-refractivity contribution in [1.29, 1.82) is 0 Å². The zero-order chi connectivity index (χ0) is 16.2. The topological polar surface area (TPSA) is 75.9 Å². The van der Waals surface area contributed by atoms with Gasteiger partial charge in [0, 0.05) is 43.5 Å². The first kappa shape index (κ1) is 15.5. The summed E-state index contributed by atoms with van der Waals surface area (Å²) in [6.07, 6.45) is 8.57. The molecule has 3 rings (SSSR count). The van der Waals surface area contributed by atoms with Gasteiger partial charge in [0.05, 0.1) is 0 Å². The Bertz CT molecular complexity index is 646. The fraction of sp³-hybridized carbons (Fsp3) is 0.500. The maximum atomic E-state index is 12.1. The Morgan fingerprint density at radius 2 is 2.00 bits per heavy atom. The van der Waals surface area contributed by atoms with Crippen molar-refractivity contribution in [2.75, 3.05) is 18.0 Å². The number of nitrogens with one attached hydrogen (secondary N) is 1. The fourth-order valence-corrected chi connectivity index (χ4v) is 2.82. The molecule has 1 saturated heterocycles. The molecular weight excluding hydrogens is 292 g/mol. The highest BCUT2D eigenvalue weighted by Gasteiger charge is 2.26. The van der Waals surface area contributed by atoms with Crippen LogP contribution in [0.4, 0.5) is 5.82 Å². The molecule has 0 unspecified atom stereocenters. The lowest BCUT2D eigenvalue weighted by atomic mass is 9.95. The van der Waals surface area contributed by atoms with Crippen molar-refractivity contribution < 1.29 is 4.79 Å². The smallest absolute Gasteiger partial charge is 0.223 e. The summed E-state index contributed by atoms with van der Waals surface area (Å²) in [6.45, 7) is 5.64. The molecule has 0 atom stereocenters. The minimum Gasteiger partial charge on any atom is -0.356 e. The predicted molar refractivity (Wildman–Crippen MR) is 87.4 cm³/mol. The molecule has 23 heavy (non-hydrogen) atoms. The van der Waals surface area contributed by atoms with E-state index in [1.165, 1.54) is 0 Å². The quantitative estimate of drug-likeness (QED) is 0.923. The van der Waals surface area contributed by atoms with E-state index < -0.39 is 0 Å². The molecule has 0 aliphatic carbocycles. The fourth-order valence-electron chi connectivity index (χ4n) is 2.82. The van der Waals surface area contributed by atoms with Gasteiger partial charge in [-0.25, -0.2) is 15.0 Å². The van der Waals surface area contributed by atoms with Gasteiger partial charge < -0.3 is 10.2 Å². The third kappa shape index (κ3) is 3.67. The molecular formula is C16H22N6O. The van der Waals surface area contributed by atoms with Crippen LogP contribution in [0.2, 0.25) is 0 Å². The molecule has 122 valence electrons. The highest BCUT2D eigenvalue weighted by molar-refractivity contribution is 5.79. The van der Waals surface area contributed by atoms with Gasteiger partial charge >= 0.3 is 0 Å². The number of imidazole rings is 1. The van der Waals surface area contributed by atoms with Crippen LogP contribution < -0.4 is 10.2 Å². The molecule has 3 heterocycles. The van der Waals surface area contributed by atoms with E-state index in [1.807, 2.05) is 30.7 Å². The molecule has 0 radical (unpaired) electrons. The lowest BCUT2D eigenvalue weighted by molar-refractivity contribution is -0.126. The van der Waals surface area contributed by atoms with Gasteiger partial charge in [0.1, 0.15) is 24.3 Å². The number of amides is 1. The van der Waals surface area contributed by atoms with Crippen molar-refractivity contribution >= 4 is 11.7 Å². The highest BCUT2D eigenvalue weighted by Crippen LogP contribution is 2.22. The molecule has 1 aliphatic heterocycles. The maximum Gasteiger partial charge on any atom is 0.223 e. The molecule has 2 aromatic rings. The lowest BCUT2D eigenvalue weighted by Crippen LogP contribution is -2.42. The van der Waals surface area contributed by atoms with Crippen molar-refractivity contribution in [2.45, 2.75) is 32.7 Å². The van der Waals surface area contributed by atoms with Crippen LogP contribution in [-0.2, 0) is 4.79 Å². The van der Waals surface area contributed by atoms with Crippen molar-refractivity contribution in [2.24, 2.45) is 5.92 Å². The lowest BCUT2D eigenvalue weighted by Gasteiger charge is -2.32. The van der Waals surface area contributed by atoms with Gasteiger partial charge in [-0.1, -0.05) is 0 Å². The Hall–Kier alpha value is -2.44. The number of carbonyl (C=O) groups is 1. The maximum absolute atomic E-state index is 12.1. The van der Waals surface area contributed by atoms with Gasteiger partial charge in [-0.2, -0.15) is 0 Å². The summed E-state index contributed by atoms with van der Waals surface area (Å²) in [5, 5.41) is 3.00. The summed E-state index contributed by atoms with van der Waals surface area (Å²) in [4.78, 5) is 27.0. The number of nitrogens with zero attached hydrogens (tertiary/aromatic N) is 5. The van der Waals surface area contributed by atoms with E-state index in [0.29, 0.717) is 0 Å². The predicted octanol–water partition coefficient (Wildman–Crippen LogP) is 1.40. The average molecular weight is 314 g/mol. The monoisotopic (exact) mass is 314 g/mol. The van der Waals surface area contributed by atoms with Crippen LogP contribution in [0, 0.1) is 5.92 Å². The van der Waals surface area contributed by atoms with E-state index in [0.717, 1.165) is 37.6 Å². The largest absolute Gasteiger partial charge is 0.356 e. The van der Waals surface area contributed by atoms with E-state index in [1.54, 1.807) is 18.9 Å². The molecule has 0 spiro atoms. The molecule has 1 aliphatic rings. The molecule has 0 aromatic carbocycles. The summed E-state index contributed by atoms with van der Waals surface area (Å²) >= 11 is 0. The molecule has 2 aromatic heterocycles. The molecule has 1 amide bonds. The third-order valence-corrected chi connectivity index (χ3v) is 4.03. The normalized spacial score (nSPS) is 15.9. The van der Waals surface area contributed by atoms with Crippen LogP contribution in [0.15, 0.2) is 31.1 Å². The van der Waals surface area contributed by atoms with Crippen molar-refractivity contribution in [3.05, 3.63) is 31.1 Å². The van der Waals surface area contributed by atoms with Gasteiger partial charge in [0.15, 0.2) is 0 Å². The van der Waals surface area contributed by atoms with Gasteiger partial charge in [0.2, 0.25) is 5.91 Å². The van der Waals surface area contributed by atoms with Crippen LogP contribution in [0.1, 0.15) is 26.7 Å². The Kier molecular flexibility index (Phi) is 4.55. The van der Waals surface area contributed by atoms with Gasteiger partial charge in [-0.3, -0.25) is 9.36 Å². The van der Waals surface area contributed by atoms with Crippen LogP contribution in [0.5, 0.6) is 0 Å². The SMILES string of the molecule is CC(C)NC(=O)C1CCN(c2cc(-n3ccnc3)ncn2)CC1. The highest BCUT2D eigenvalue weighted by atomic mass is 16.1. The van der Waals surface area contributed by atoms with Crippen LogP contribution in [0.25, 0.3) is 5.82 Å². The number of carbonyl (C=O) groups excluding carboxylic acids is 1. The Morgan fingerprint density at radius 3 is 2.65 bits per heavy atom. The summed E-state index contributed by atoms with van der Waals surface area (Å²) in [7, 11) is 0. The number of hydrogen-bond acceptors (Lipinski definition) is 5. The third-order valence-electron chi connectivity index (χ3n) is 4.03. The number of anilines is 1. The van der Waals surface area contributed by atoms with E-state index in [9.17, 15) is 4.79 Å². The minimum atomic E-state index is 0.101. The van der Waals surface area contributed by atoms with Crippen LogP contribution in [0.3, 0.4) is 0 Å². The summed E-state index contributed by atoms with van der Waals surface area (Å²) in [5.74, 6) is 1.96. The molecule has 0 bridgehead atoms. The van der Waals surface area contributed by atoms with Crippen LogP contribution >= 0.6 is 0 Å².